The summed E-state index contributed by atoms with van der Waals surface area (Å²) in [4.78, 5) is 14.8. The molecule has 3 N–H and O–H groups in total. The fourth-order valence-electron chi connectivity index (χ4n) is 3.27. The molecule has 3 atom stereocenters. The van der Waals surface area contributed by atoms with Crippen molar-refractivity contribution in [2.45, 2.75) is 44.0 Å². The van der Waals surface area contributed by atoms with Crippen molar-refractivity contribution < 1.29 is 27.6 Å². The molecule has 162 valence electrons. The van der Waals surface area contributed by atoms with Crippen LogP contribution in [0.15, 0.2) is 27.1 Å². The van der Waals surface area contributed by atoms with E-state index in [-0.39, 0.29) is 30.2 Å². The molecule has 1 saturated heterocycles. The Hall–Kier alpha value is -2.73. The Morgan fingerprint density at radius 1 is 1.53 bits per heavy atom. The Labute approximate surface area is 173 Å². The van der Waals surface area contributed by atoms with Crippen LogP contribution in [-0.4, -0.2) is 52.3 Å². The number of thiophene rings is 1. The van der Waals surface area contributed by atoms with Gasteiger partial charge in [-0.2, -0.15) is 18.3 Å². The molecule has 0 saturated carbocycles. The van der Waals surface area contributed by atoms with E-state index < -0.39 is 18.0 Å². The fraction of sp³-hybridized carbons (Fsp3) is 0.444. The van der Waals surface area contributed by atoms with Gasteiger partial charge in [-0.1, -0.05) is 5.16 Å². The normalized spacial score (nSPS) is 21.0. The van der Waals surface area contributed by atoms with Crippen LogP contribution >= 0.6 is 11.3 Å². The van der Waals surface area contributed by atoms with E-state index in [1.165, 1.54) is 17.6 Å². The number of hydrogen-bond donors (Lipinski definition) is 3. The first kappa shape index (κ1) is 22.0. The molecule has 12 heteroatoms. The number of nitrogens with zero attached hydrogens (tertiary/aromatic N) is 3. The molecule has 1 fully saturated rings. The van der Waals surface area contributed by atoms with Gasteiger partial charge < -0.3 is 19.9 Å². The van der Waals surface area contributed by atoms with Crippen LogP contribution in [-0.2, 0) is 0 Å². The van der Waals surface area contributed by atoms with Crippen molar-refractivity contribution in [3.8, 4) is 0 Å². The lowest BCUT2D eigenvalue weighted by atomic mass is 9.90. The number of hydrazone groups is 1. The van der Waals surface area contributed by atoms with Crippen LogP contribution < -0.4 is 5.43 Å². The van der Waals surface area contributed by atoms with Crippen molar-refractivity contribution >= 4 is 34.7 Å². The Morgan fingerprint density at radius 2 is 2.30 bits per heavy atom. The first-order valence-corrected chi connectivity index (χ1v) is 9.98. The van der Waals surface area contributed by atoms with Crippen molar-refractivity contribution in [2.24, 2.45) is 5.10 Å². The van der Waals surface area contributed by atoms with Gasteiger partial charge in [0, 0.05) is 30.8 Å². The van der Waals surface area contributed by atoms with E-state index in [2.05, 4.69) is 15.7 Å². The SMILES string of the molecule is C[C@@H]1CC[C@@H](c2cc([C@@H](O)C(F)(F)F)no2)CN1C(=O)c1ccsc1N/N=C\C=N. The molecule has 0 spiro atoms. The summed E-state index contributed by atoms with van der Waals surface area (Å²) >= 11 is 1.29. The third-order valence-electron chi connectivity index (χ3n) is 4.89. The molecule has 0 unspecified atom stereocenters. The van der Waals surface area contributed by atoms with Crippen LogP contribution in [0, 0.1) is 5.41 Å². The van der Waals surface area contributed by atoms with Crippen molar-refractivity contribution in [3.05, 3.63) is 34.5 Å². The van der Waals surface area contributed by atoms with Gasteiger partial charge in [-0.3, -0.25) is 10.2 Å². The zero-order valence-electron chi connectivity index (χ0n) is 15.9. The number of alkyl halides is 3. The quantitative estimate of drug-likeness (QED) is 0.464. The average Bonchev–Trinajstić information content (AvgIpc) is 3.36. The Morgan fingerprint density at radius 3 is 3.00 bits per heavy atom. The number of piperidine rings is 1. The van der Waals surface area contributed by atoms with Gasteiger partial charge in [0.15, 0.2) is 6.10 Å². The summed E-state index contributed by atoms with van der Waals surface area (Å²) in [5.74, 6) is -0.369. The van der Waals surface area contributed by atoms with Crippen LogP contribution in [0.25, 0.3) is 0 Å². The van der Waals surface area contributed by atoms with Crippen LogP contribution in [0.3, 0.4) is 0 Å². The van der Waals surface area contributed by atoms with Gasteiger partial charge >= 0.3 is 6.18 Å². The summed E-state index contributed by atoms with van der Waals surface area (Å²) < 4.78 is 43.2. The molecule has 8 nitrogen and oxygen atoms in total. The van der Waals surface area contributed by atoms with Gasteiger partial charge in [0.1, 0.15) is 16.5 Å². The summed E-state index contributed by atoms with van der Waals surface area (Å²) in [5.41, 5.74) is 2.55. The highest BCUT2D eigenvalue weighted by molar-refractivity contribution is 7.14. The standard InChI is InChI=1S/C18H20F3N5O3S/c1-10-2-3-11(14-8-13(25-29-14)15(27)18(19,20)21)9-26(10)17(28)12-4-7-30-16(12)24-23-6-5-22/h4-8,10-11,15,22,24,27H,2-3,9H2,1H3/b22-5?,23-6-/t10-,11-,15-/m1/s1. The van der Waals surface area contributed by atoms with Crippen LogP contribution in [0.2, 0.25) is 0 Å². The van der Waals surface area contributed by atoms with Gasteiger partial charge in [0.2, 0.25) is 0 Å². The second kappa shape index (κ2) is 8.96. The van der Waals surface area contributed by atoms with E-state index in [0.717, 1.165) is 12.3 Å². The highest BCUT2D eigenvalue weighted by Crippen LogP contribution is 2.36. The van der Waals surface area contributed by atoms with Crippen LogP contribution in [0.4, 0.5) is 18.2 Å². The van der Waals surface area contributed by atoms with Gasteiger partial charge in [0.25, 0.3) is 5.91 Å². The molecule has 3 heterocycles. The van der Waals surface area contributed by atoms with Crippen LogP contribution in [0.1, 0.15) is 53.6 Å². The van der Waals surface area contributed by atoms with E-state index in [1.54, 1.807) is 16.3 Å². The first-order valence-electron chi connectivity index (χ1n) is 9.10. The van der Waals surface area contributed by atoms with Crippen LogP contribution in [0.5, 0.6) is 0 Å². The minimum absolute atomic E-state index is 0.0743. The molecule has 30 heavy (non-hydrogen) atoms. The van der Waals surface area contributed by atoms with Crippen molar-refractivity contribution in [3.63, 3.8) is 0 Å². The molecule has 1 aliphatic heterocycles. The summed E-state index contributed by atoms with van der Waals surface area (Å²) in [5, 5.41) is 25.8. The molecule has 0 bridgehead atoms. The monoisotopic (exact) mass is 443 g/mol. The number of halogens is 3. The number of carbonyl (C=O) groups excluding carboxylic acids is 1. The highest BCUT2D eigenvalue weighted by Gasteiger charge is 2.42. The van der Waals surface area contributed by atoms with Crippen molar-refractivity contribution in [1.82, 2.24) is 10.1 Å². The molecule has 3 rings (SSSR count). The number of rotatable bonds is 6. The maximum atomic E-state index is 13.1. The third kappa shape index (κ3) is 4.70. The van der Waals surface area contributed by atoms with E-state index >= 15 is 0 Å². The highest BCUT2D eigenvalue weighted by atomic mass is 32.1. The summed E-state index contributed by atoms with van der Waals surface area (Å²) in [6.07, 6.45) is -4.06. The summed E-state index contributed by atoms with van der Waals surface area (Å²) in [6.45, 7) is 2.15. The molecule has 0 aliphatic carbocycles. The van der Waals surface area contributed by atoms with E-state index in [9.17, 15) is 23.1 Å². The topological polar surface area (TPSA) is 115 Å². The lowest BCUT2D eigenvalue weighted by Gasteiger charge is -2.37. The second-order valence-corrected chi connectivity index (χ2v) is 7.82. The Bertz CT molecular complexity index is 926. The molecule has 0 radical (unpaired) electrons. The number of hydrogen-bond acceptors (Lipinski definition) is 8. The third-order valence-corrected chi connectivity index (χ3v) is 5.71. The second-order valence-electron chi connectivity index (χ2n) is 6.90. The molecule has 0 aromatic carbocycles. The molecule has 2 aromatic rings. The average molecular weight is 443 g/mol. The van der Waals surface area contributed by atoms with E-state index in [0.29, 0.717) is 23.4 Å². The Kier molecular flexibility index (Phi) is 6.56. The predicted molar refractivity (Wildman–Crippen MR) is 105 cm³/mol. The smallest absolute Gasteiger partial charge is 0.378 e. The number of amides is 1. The largest absolute Gasteiger partial charge is 0.420 e. The first-order chi connectivity index (χ1) is 14.2. The van der Waals surface area contributed by atoms with Crippen molar-refractivity contribution in [2.75, 3.05) is 12.0 Å². The molecule has 1 amide bonds. The maximum absolute atomic E-state index is 13.1. The Balaban J connectivity index is 1.76. The molecular weight excluding hydrogens is 423 g/mol. The minimum Gasteiger partial charge on any atom is -0.378 e. The van der Waals surface area contributed by atoms with Crippen molar-refractivity contribution in [1.29, 1.82) is 5.41 Å². The lowest BCUT2D eigenvalue weighted by Crippen LogP contribution is -2.44. The predicted octanol–water partition coefficient (Wildman–Crippen LogP) is 3.79. The number of anilines is 1. The van der Waals surface area contributed by atoms with Gasteiger partial charge in [-0.25, -0.2) is 0 Å². The summed E-state index contributed by atoms with van der Waals surface area (Å²) in [7, 11) is 0. The number of aliphatic hydroxyl groups excluding tert-OH is 1. The van der Waals surface area contributed by atoms with E-state index in [4.69, 9.17) is 9.93 Å². The number of likely N-dealkylation sites (tertiary alicyclic amines) is 1. The number of aromatic nitrogens is 1. The maximum Gasteiger partial charge on any atom is 0.420 e. The lowest BCUT2D eigenvalue weighted by molar-refractivity contribution is -0.208. The fourth-order valence-corrected chi connectivity index (χ4v) is 4.00. The van der Waals surface area contributed by atoms with E-state index in [1.807, 2.05) is 6.92 Å². The molecule has 2 aromatic heterocycles. The minimum atomic E-state index is -4.83. The number of carbonyl (C=O) groups is 1. The summed E-state index contributed by atoms with van der Waals surface area (Å²) in [6, 6.07) is 2.69. The van der Waals surface area contributed by atoms with Gasteiger partial charge in [0.05, 0.1) is 11.8 Å². The number of aliphatic hydroxyl groups is 1. The zero-order valence-corrected chi connectivity index (χ0v) is 16.7. The molecular formula is C18H20F3N5O3S. The molecule has 1 aliphatic rings. The zero-order chi connectivity index (χ0) is 21.9. The van der Waals surface area contributed by atoms with Gasteiger partial charge in [-0.05, 0) is 31.2 Å². The number of nitrogens with one attached hydrogen (secondary N) is 2. The van der Waals surface area contributed by atoms with Gasteiger partial charge in [-0.15, -0.1) is 11.3 Å².